The number of nitrogens with two attached hydrogens (primary N) is 1. The summed E-state index contributed by atoms with van der Waals surface area (Å²) in [6, 6.07) is -0.973. The summed E-state index contributed by atoms with van der Waals surface area (Å²) >= 11 is 1.46. The molecule has 4 aliphatic heterocycles. The number of hydrogen-bond donors (Lipinski definition) is 4. The van der Waals surface area contributed by atoms with Crippen LogP contribution in [-0.4, -0.2) is 108 Å². The van der Waals surface area contributed by atoms with E-state index in [1.54, 1.807) is 6.92 Å². The van der Waals surface area contributed by atoms with Crippen molar-refractivity contribution in [1.29, 1.82) is 0 Å². The van der Waals surface area contributed by atoms with Gasteiger partial charge in [-0.3, -0.25) is 14.4 Å². The Morgan fingerprint density at radius 3 is 2.65 bits per heavy atom. The summed E-state index contributed by atoms with van der Waals surface area (Å²) in [5.41, 5.74) is 6.33. The summed E-state index contributed by atoms with van der Waals surface area (Å²) < 4.78 is 1.28. The molecule has 15 heteroatoms. The largest absolute Gasteiger partial charge is 0.477 e. The van der Waals surface area contributed by atoms with E-state index in [-0.39, 0.29) is 59.3 Å². The van der Waals surface area contributed by atoms with Gasteiger partial charge in [0.15, 0.2) is 0 Å². The summed E-state index contributed by atoms with van der Waals surface area (Å²) in [5.74, 6) is -1.70. The smallest absolute Gasteiger partial charge is 0.353 e. The number of fused-ring (bicyclic) bond motifs is 3. The predicted octanol–water partition coefficient (Wildman–Crippen LogP) is -1.39. The molecule has 9 atom stereocenters. The van der Waals surface area contributed by atoms with E-state index in [0.29, 0.717) is 42.8 Å². The van der Waals surface area contributed by atoms with Crippen molar-refractivity contribution in [2.75, 3.05) is 19.6 Å². The normalized spacial score (nSPS) is 35.5. The first-order valence-electron chi connectivity index (χ1n) is 13.9. The van der Waals surface area contributed by atoms with Crippen molar-refractivity contribution >= 4 is 35.5 Å². The van der Waals surface area contributed by atoms with Gasteiger partial charge in [-0.1, -0.05) is 6.92 Å². The van der Waals surface area contributed by atoms with Gasteiger partial charge in [-0.05, 0) is 48.4 Å². The number of aromatic nitrogens is 4. The zero-order valence-electron chi connectivity index (χ0n) is 22.5. The first-order chi connectivity index (χ1) is 19.1. The summed E-state index contributed by atoms with van der Waals surface area (Å²) in [7, 11) is 0. The molecular weight excluding hydrogens is 538 g/mol. The molecule has 0 radical (unpaired) electrons. The summed E-state index contributed by atoms with van der Waals surface area (Å²) in [6.45, 7) is 5.61. The number of piperidine rings is 1. The number of carbonyl (C=O) groups is 4. The lowest BCUT2D eigenvalue weighted by molar-refractivity contribution is -0.158. The number of carbonyl (C=O) groups excluding carboxylic acids is 3. The van der Waals surface area contributed by atoms with Gasteiger partial charge in [-0.2, -0.15) is 0 Å². The van der Waals surface area contributed by atoms with Crippen LogP contribution in [0.4, 0.5) is 0 Å². The van der Waals surface area contributed by atoms with E-state index >= 15 is 0 Å². The number of aliphatic carboxylic acids is 1. The Bertz CT molecular complexity index is 1230. The van der Waals surface area contributed by atoms with E-state index in [1.165, 1.54) is 27.7 Å². The lowest BCUT2D eigenvalue weighted by Crippen LogP contribution is -2.66. The molecule has 1 aliphatic carbocycles. The molecule has 5 N–H and O–H groups in total. The van der Waals surface area contributed by atoms with Crippen molar-refractivity contribution < 1.29 is 24.3 Å². The fourth-order valence-corrected chi connectivity index (χ4v) is 8.79. The highest BCUT2D eigenvalue weighted by atomic mass is 32.2. The average molecular weight is 574 g/mol. The van der Waals surface area contributed by atoms with Crippen molar-refractivity contribution in [2.45, 2.75) is 69.1 Å². The van der Waals surface area contributed by atoms with Crippen LogP contribution in [0.5, 0.6) is 0 Å². The Kier molecular flexibility index (Phi) is 7.07. The number of amides is 3. The van der Waals surface area contributed by atoms with Crippen LogP contribution >= 0.6 is 11.8 Å². The summed E-state index contributed by atoms with van der Waals surface area (Å²) in [6.07, 6.45) is 4.08. The van der Waals surface area contributed by atoms with Crippen molar-refractivity contribution in [1.82, 2.24) is 40.6 Å². The summed E-state index contributed by atoms with van der Waals surface area (Å²) in [5, 5.41) is 27.0. The molecule has 0 aromatic carbocycles. The van der Waals surface area contributed by atoms with Crippen molar-refractivity contribution in [2.24, 2.45) is 29.4 Å². The standard InChI is InChI=1S/C25H35N9O5S/c1-11-20-18(12(2)29-17(35)9-33-10-28-30-31-33)24(37)34(20)21(25(38)39)22(11)40-15-5-16(27-6-15)23(36)32-7-13-3-4-14(8-32)19(13)26/h10-16,18-20,27H,3-9,26H2,1-2H3,(H,29,35)(H,38,39)/t11-,12-,13-,14+,15+,16+,18-,19-,20-/m1/s1. The zero-order chi connectivity index (χ0) is 28.3. The number of carboxylic acid groups (broad SMARTS) is 1. The fraction of sp³-hybridized carbons (Fsp3) is 0.720. The molecule has 4 fully saturated rings. The van der Waals surface area contributed by atoms with E-state index in [2.05, 4.69) is 26.2 Å². The topological polar surface area (TPSA) is 189 Å². The summed E-state index contributed by atoms with van der Waals surface area (Å²) in [4.78, 5) is 55.3. The number of thioether (sulfide) groups is 1. The van der Waals surface area contributed by atoms with Crippen LogP contribution < -0.4 is 16.4 Å². The minimum atomic E-state index is -1.14. The molecule has 6 rings (SSSR count). The highest BCUT2D eigenvalue weighted by molar-refractivity contribution is 8.03. The first kappa shape index (κ1) is 27.1. The molecule has 1 aromatic rings. The molecular formula is C25H35N9O5S. The van der Waals surface area contributed by atoms with E-state index in [0.717, 1.165) is 12.8 Å². The van der Waals surface area contributed by atoms with Crippen LogP contribution in [0.25, 0.3) is 0 Å². The zero-order valence-corrected chi connectivity index (χ0v) is 23.3. The molecule has 0 spiro atoms. The Hall–Kier alpha value is -3.04. The third kappa shape index (κ3) is 4.57. The van der Waals surface area contributed by atoms with Gasteiger partial charge in [0.25, 0.3) is 0 Å². The maximum Gasteiger partial charge on any atom is 0.353 e. The lowest BCUT2D eigenvalue weighted by atomic mass is 9.78. The Morgan fingerprint density at radius 2 is 2.00 bits per heavy atom. The number of tetrazole rings is 1. The van der Waals surface area contributed by atoms with Gasteiger partial charge in [-0.15, -0.1) is 16.9 Å². The van der Waals surface area contributed by atoms with Gasteiger partial charge in [0, 0.05) is 47.8 Å². The number of nitrogens with one attached hydrogen (secondary N) is 2. The van der Waals surface area contributed by atoms with Crippen LogP contribution in [0.3, 0.4) is 0 Å². The van der Waals surface area contributed by atoms with E-state index < -0.39 is 17.9 Å². The maximum absolute atomic E-state index is 13.3. The van der Waals surface area contributed by atoms with Crippen LogP contribution in [-0.2, 0) is 25.7 Å². The van der Waals surface area contributed by atoms with E-state index in [1.807, 2.05) is 11.8 Å². The first-order valence-corrected chi connectivity index (χ1v) is 14.8. The molecule has 14 nitrogen and oxygen atoms in total. The fourth-order valence-electron chi connectivity index (χ4n) is 7.31. The second-order valence-corrected chi connectivity index (χ2v) is 13.1. The molecule has 5 aliphatic rings. The van der Waals surface area contributed by atoms with Gasteiger partial charge in [0.05, 0.1) is 18.0 Å². The predicted molar refractivity (Wildman–Crippen MR) is 142 cm³/mol. The monoisotopic (exact) mass is 573 g/mol. The minimum absolute atomic E-state index is 0.00480. The van der Waals surface area contributed by atoms with Crippen LogP contribution in [0.2, 0.25) is 0 Å². The second-order valence-electron chi connectivity index (χ2n) is 11.7. The van der Waals surface area contributed by atoms with Crippen molar-refractivity contribution in [3.8, 4) is 0 Å². The van der Waals surface area contributed by atoms with Gasteiger partial charge in [-0.25, -0.2) is 9.48 Å². The van der Waals surface area contributed by atoms with Crippen LogP contribution in [0, 0.1) is 23.7 Å². The average Bonchev–Trinajstić information content (AvgIpc) is 3.66. The van der Waals surface area contributed by atoms with Gasteiger partial charge in [0.1, 0.15) is 18.6 Å². The Morgan fingerprint density at radius 1 is 1.27 bits per heavy atom. The highest BCUT2D eigenvalue weighted by Crippen LogP contribution is 2.52. The molecule has 3 amide bonds. The quantitative estimate of drug-likeness (QED) is 0.268. The van der Waals surface area contributed by atoms with Gasteiger partial charge in [0.2, 0.25) is 17.7 Å². The molecule has 1 aromatic heterocycles. The Labute approximate surface area is 235 Å². The number of nitrogens with zero attached hydrogens (tertiary/aromatic N) is 6. The third-order valence-electron chi connectivity index (χ3n) is 9.32. The third-order valence-corrected chi connectivity index (χ3v) is 10.8. The maximum atomic E-state index is 13.3. The van der Waals surface area contributed by atoms with Gasteiger partial charge >= 0.3 is 5.97 Å². The number of rotatable bonds is 8. The second kappa shape index (κ2) is 10.4. The number of carboxylic acids is 1. The number of likely N-dealkylation sites (tertiary alicyclic amines) is 1. The number of β-lactam (4-membered cyclic amide) rings is 1. The molecule has 2 bridgehead atoms. The van der Waals surface area contributed by atoms with Crippen molar-refractivity contribution in [3.05, 3.63) is 16.9 Å². The molecule has 3 saturated heterocycles. The highest BCUT2D eigenvalue weighted by Gasteiger charge is 2.60. The molecule has 40 heavy (non-hydrogen) atoms. The molecule has 216 valence electrons. The molecule has 1 saturated carbocycles. The molecule has 5 heterocycles. The van der Waals surface area contributed by atoms with Gasteiger partial charge < -0.3 is 31.3 Å². The van der Waals surface area contributed by atoms with Crippen LogP contribution in [0.1, 0.15) is 33.1 Å². The Balaban J connectivity index is 1.09. The van der Waals surface area contributed by atoms with E-state index in [9.17, 15) is 24.3 Å². The lowest BCUT2D eigenvalue weighted by Gasteiger charge is -2.47. The van der Waals surface area contributed by atoms with Crippen LogP contribution in [0.15, 0.2) is 16.9 Å². The number of hydrogen-bond acceptors (Lipinski definition) is 10. The SMILES string of the molecule is C[C@@H](NC(=O)Cn1cnnn1)[C@H]1C(=O)N2C(C(=O)O)=C(S[C@@H]3CN[C@H](C(=O)N4C[C@H]5CC[C@@H](C4)[C@@H]5N)C3)[C@H](C)[C@H]12. The van der Waals surface area contributed by atoms with Crippen molar-refractivity contribution in [3.63, 3.8) is 0 Å². The van der Waals surface area contributed by atoms with E-state index in [4.69, 9.17) is 5.73 Å². The molecule has 0 unspecified atom stereocenters. The minimum Gasteiger partial charge on any atom is -0.477 e.